The van der Waals surface area contributed by atoms with Crippen molar-refractivity contribution in [2.75, 3.05) is 20.8 Å². The third kappa shape index (κ3) is 5.40. The average molecular weight is 465 g/mol. The van der Waals surface area contributed by atoms with Gasteiger partial charge < -0.3 is 29.8 Å². The Kier molecular flexibility index (Phi) is 7.97. The largest absolute Gasteiger partial charge is 0.497 e. The molecule has 1 atom stereocenters. The van der Waals surface area contributed by atoms with Crippen LogP contribution in [-0.2, 0) is 21.7 Å². The van der Waals surface area contributed by atoms with Gasteiger partial charge in [-0.3, -0.25) is 4.79 Å². The second kappa shape index (κ2) is 11.1. The van der Waals surface area contributed by atoms with Gasteiger partial charge >= 0.3 is 0 Å². The van der Waals surface area contributed by atoms with Crippen molar-refractivity contribution in [3.8, 4) is 17.2 Å². The fourth-order valence-electron chi connectivity index (χ4n) is 3.80. The number of aryl methyl sites for hydroxylation is 1. The maximum absolute atomic E-state index is 8.36. The van der Waals surface area contributed by atoms with Crippen LogP contribution in [0, 0.1) is 6.92 Å². The molecule has 0 aromatic heterocycles. The van der Waals surface area contributed by atoms with Crippen LogP contribution in [0.4, 0.5) is 0 Å². The highest BCUT2D eigenvalue weighted by molar-refractivity contribution is 5.75. The number of hydrogen-bond donors (Lipinski definition) is 2. The van der Waals surface area contributed by atoms with E-state index in [1.165, 1.54) is 0 Å². The summed E-state index contributed by atoms with van der Waals surface area (Å²) < 4.78 is 22.4. The lowest BCUT2D eigenvalue weighted by Gasteiger charge is -2.26. The summed E-state index contributed by atoms with van der Waals surface area (Å²) in [7, 11) is 3.31. The summed E-state index contributed by atoms with van der Waals surface area (Å²) in [6, 6.07) is 21.9. The van der Waals surface area contributed by atoms with Gasteiger partial charge in [0.05, 0.1) is 14.2 Å². The van der Waals surface area contributed by atoms with E-state index in [4.69, 9.17) is 39.6 Å². The number of nitrogens with two attached hydrogens (primary N) is 1. The van der Waals surface area contributed by atoms with Gasteiger partial charge in [-0.05, 0) is 65.6 Å². The second-order valence-electron chi connectivity index (χ2n) is 7.56. The van der Waals surface area contributed by atoms with Crippen LogP contribution in [0.25, 0.3) is 0 Å². The molecular formula is C26H28N2O6. The molecule has 0 aliphatic carbocycles. The first-order chi connectivity index (χ1) is 16.4. The van der Waals surface area contributed by atoms with E-state index >= 15 is 0 Å². The molecule has 0 radical (unpaired) electrons. The quantitative estimate of drug-likeness (QED) is 0.510. The van der Waals surface area contributed by atoms with Crippen LogP contribution in [0.5, 0.6) is 17.2 Å². The predicted octanol–water partition coefficient (Wildman–Crippen LogP) is 3.88. The zero-order valence-electron chi connectivity index (χ0n) is 19.4. The van der Waals surface area contributed by atoms with Gasteiger partial charge in [-0.15, -0.1) is 0 Å². The van der Waals surface area contributed by atoms with Crippen molar-refractivity contribution in [2.45, 2.75) is 19.1 Å². The lowest BCUT2D eigenvalue weighted by molar-refractivity contribution is -0.122. The van der Waals surface area contributed by atoms with Crippen molar-refractivity contribution < 1.29 is 28.8 Å². The molecule has 0 saturated heterocycles. The molecule has 3 N–H and O–H groups in total. The molecule has 1 unspecified atom stereocenters. The molecule has 0 saturated carbocycles. The van der Waals surface area contributed by atoms with E-state index in [9.17, 15) is 0 Å². The Balaban J connectivity index is 0.00000103. The topological polar surface area (TPSA) is 113 Å². The van der Waals surface area contributed by atoms with E-state index < -0.39 is 5.54 Å². The Morgan fingerprint density at radius 1 is 1.03 bits per heavy atom. The van der Waals surface area contributed by atoms with Crippen molar-refractivity contribution in [1.82, 2.24) is 0 Å². The van der Waals surface area contributed by atoms with E-state index in [2.05, 4.69) is 6.07 Å². The molecule has 3 aromatic carbocycles. The van der Waals surface area contributed by atoms with Gasteiger partial charge in [0, 0.05) is 0 Å². The minimum atomic E-state index is -0.740. The first-order valence-electron chi connectivity index (χ1n) is 10.5. The normalized spacial score (nSPS) is 16.4. The molecule has 178 valence electrons. The highest BCUT2D eigenvalue weighted by Gasteiger charge is 2.40. The van der Waals surface area contributed by atoms with Crippen LogP contribution < -0.4 is 19.9 Å². The van der Waals surface area contributed by atoms with Crippen molar-refractivity contribution in [2.24, 2.45) is 10.7 Å². The fraction of sp³-hybridized carbons (Fsp3) is 0.231. The zero-order chi connectivity index (χ0) is 24.6. The number of carboxylic acid groups (broad SMARTS) is 1. The van der Waals surface area contributed by atoms with E-state index in [0.29, 0.717) is 13.2 Å². The SMILES string of the molecule is COc1cccc(COc2cccc(C3(c4ccc(OC)c(C)c4)COC(N)=N3)c2)c1.O=CO. The van der Waals surface area contributed by atoms with E-state index in [1.807, 2.05) is 67.6 Å². The van der Waals surface area contributed by atoms with E-state index in [0.717, 1.165) is 39.5 Å². The van der Waals surface area contributed by atoms with Gasteiger partial charge in [0.15, 0.2) is 5.54 Å². The van der Waals surface area contributed by atoms with Gasteiger partial charge in [-0.2, -0.15) is 0 Å². The summed E-state index contributed by atoms with van der Waals surface area (Å²) in [6.45, 7) is 2.51. The zero-order valence-corrected chi connectivity index (χ0v) is 19.4. The Labute approximate surface area is 198 Å². The number of nitrogens with zero attached hydrogens (tertiary/aromatic N) is 1. The summed E-state index contributed by atoms with van der Waals surface area (Å²) in [6.07, 6.45) is 0. The van der Waals surface area contributed by atoms with Crippen molar-refractivity contribution >= 4 is 12.5 Å². The summed E-state index contributed by atoms with van der Waals surface area (Å²) in [5.74, 6) is 2.37. The van der Waals surface area contributed by atoms with Crippen LogP contribution >= 0.6 is 0 Å². The number of ether oxygens (including phenoxy) is 4. The van der Waals surface area contributed by atoms with Crippen LogP contribution in [0.2, 0.25) is 0 Å². The summed E-state index contributed by atoms with van der Waals surface area (Å²) >= 11 is 0. The number of hydrogen-bond acceptors (Lipinski definition) is 7. The minimum Gasteiger partial charge on any atom is -0.497 e. The van der Waals surface area contributed by atoms with Gasteiger partial charge in [-0.1, -0.05) is 30.3 Å². The Morgan fingerprint density at radius 3 is 2.38 bits per heavy atom. The number of amidine groups is 1. The third-order valence-corrected chi connectivity index (χ3v) is 5.45. The smallest absolute Gasteiger partial charge is 0.290 e. The summed E-state index contributed by atoms with van der Waals surface area (Å²) in [4.78, 5) is 13.1. The maximum Gasteiger partial charge on any atom is 0.290 e. The first kappa shape index (κ1) is 24.4. The highest BCUT2D eigenvalue weighted by Crippen LogP contribution is 2.40. The van der Waals surface area contributed by atoms with Gasteiger partial charge in [-0.25, -0.2) is 4.99 Å². The highest BCUT2D eigenvalue weighted by atomic mass is 16.5. The lowest BCUT2D eigenvalue weighted by atomic mass is 9.83. The number of methoxy groups -OCH3 is 2. The second-order valence-corrected chi connectivity index (χ2v) is 7.56. The van der Waals surface area contributed by atoms with Crippen LogP contribution in [0.1, 0.15) is 22.3 Å². The molecule has 8 nitrogen and oxygen atoms in total. The third-order valence-electron chi connectivity index (χ3n) is 5.45. The molecular weight excluding hydrogens is 436 g/mol. The van der Waals surface area contributed by atoms with Crippen molar-refractivity contribution in [3.63, 3.8) is 0 Å². The molecule has 1 aliphatic rings. The molecule has 0 fully saturated rings. The summed E-state index contributed by atoms with van der Waals surface area (Å²) in [5.41, 5.74) is 9.17. The average Bonchev–Trinajstić information content (AvgIpc) is 3.26. The van der Waals surface area contributed by atoms with Gasteiger partial charge in [0.1, 0.15) is 30.5 Å². The van der Waals surface area contributed by atoms with Gasteiger partial charge in [0.2, 0.25) is 0 Å². The maximum atomic E-state index is 8.36. The molecule has 34 heavy (non-hydrogen) atoms. The Hall–Kier alpha value is -4.20. The fourth-order valence-corrected chi connectivity index (χ4v) is 3.80. The number of aliphatic imine (C=N–C) groups is 1. The molecule has 3 aromatic rings. The summed E-state index contributed by atoms with van der Waals surface area (Å²) in [5, 5.41) is 6.89. The predicted molar refractivity (Wildman–Crippen MR) is 129 cm³/mol. The van der Waals surface area contributed by atoms with Gasteiger partial charge in [0.25, 0.3) is 12.5 Å². The molecule has 0 amide bonds. The molecule has 0 spiro atoms. The monoisotopic (exact) mass is 464 g/mol. The molecule has 8 heteroatoms. The molecule has 0 bridgehead atoms. The van der Waals surface area contributed by atoms with Crippen LogP contribution in [0.15, 0.2) is 71.7 Å². The lowest BCUT2D eigenvalue weighted by Crippen LogP contribution is -2.27. The first-order valence-corrected chi connectivity index (χ1v) is 10.5. The minimum absolute atomic E-state index is 0.177. The Morgan fingerprint density at radius 2 is 1.74 bits per heavy atom. The van der Waals surface area contributed by atoms with Crippen LogP contribution in [-0.4, -0.2) is 38.4 Å². The molecule has 4 rings (SSSR count). The number of carbonyl (C=O) groups is 1. The molecule has 1 heterocycles. The number of rotatable bonds is 7. The molecule has 1 aliphatic heterocycles. The number of benzene rings is 3. The van der Waals surface area contributed by atoms with Crippen LogP contribution in [0.3, 0.4) is 0 Å². The van der Waals surface area contributed by atoms with Crippen molar-refractivity contribution in [3.05, 3.63) is 89.0 Å². The Bertz CT molecular complexity index is 1160. The standard InChI is InChI=1S/C25H26N2O4.CH2O2/c1-17-12-20(10-11-23(17)29-3)25(16-31-24(26)27-25)19-7-5-9-22(14-19)30-15-18-6-4-8-21(13-18)28-2;2-1-3/h4-14H,15-16H2,1-3H3,(H2,26,27);1H,(H,2,3). The van der Waals surface area contributed by atoms with Crippen molar-refractivity contribution in [1.29, 1.82) is 0 Å². The van der Waals surface area contributed by atoms with E-state index in [1.54, 1.807) is 14.2 Å². The van der Waals surface area contributed by atoms with E-state index in [-0.39, 0.29) is 12.5 Å².